The molecule has 0 aromatic rings. The van der Waals surface area contributed by atoms with Crippen LogP contribution < -0.4 is 33.6 Å². The van der Waals surface area contributed by atoms with Crippen molar-refractivity contribution in [3.8, 4) is 0 Å². The highest BCUT2D eigenvalue weighted by atomic mass is 16.4. The topological polar surface area (TPSA) is 232 Å². The standard InChI is InChI=1S/C23H44N8O5/c1-14(2)13-15(25)19(32)29-16(8-5-11-28-23(26)27)20(33)30-17(7-3-4-10-24)21(34)31-12-6-9-18(31)22(35)36/h14-18H,3-13,24-25H2,1-2H3,(H,29,32)(H,30,33)(H,35,36)(H4,26,27,28). The van der Waals surface area contributed by atoms with Crippen molar-refractivity contribution in [1.82, 2.24) is 15.5 Å². The smallest absolute Gasteiger partial charge is 0.326 e. The summed E-state index contributed by atoms with van der Waals surface area (Å²) in [6, 6.07) is -3.62. The quantitative estimate of drug-likeness (QED) is 0.0729. The molecule has 13 nitrogen and oxygen atoms in total. The highest BCUT2D eigenvalue weighted by Crippen LogP contribution is 2.20. The lowest BCUT2D eigenvalue weighted by molar-refractivity contribution is -0.149. The van der Waals surface area contributed by atoms with Crippen LogP contribution in [0.5, 0.6) is 0 Å². The summed E-state index contributed by atoms with van der Waals surface area (Å²) in [5.74, 6) is -2.44. The number of aliphatic imine (C=N–C) groups is 1. The van der Waals surface area contributed by atoms with E-state index in [1.54, 1.807) is 0 Å². The lowest BCUT2D eigenvalue weighted by atomic mass is 10.0. The van der Waals surface area contributed by atoms with Crippen LogP contribution in [0.4, 0.5) is 0 Å². The molecule has 1 aliphatic rings. The van der Waals surface area contributed by atoms with E-state index < -0.39 is 47.9 Å². The number of carboxylic acid groups (broad SMARTS) is 1. The van der Waals surface area contributed by atoms with Crippen LogP contribution >= 0.6 is 0 Å². The number of carbonyl (C=O) groups excluding carboxylic acids is 3. The highest BCUT2D eigenvalue weighted by Gasteiger charge is 2.38. The Kier molecular flexibility index (Phi) is 13.8. The van der Waals surface area contributed by atoms with Gasteiger partial charge in [0.1, 0.15) is 18.1 Å². The van der Waals surface area contributed by atoms with E-state index in [1.165, 1.54) is 4.90 Å². The molecule has 1 aliphatic heterocycles. The highest BCUT2D eigenvalue weighted by molar-refractivity contribution is 5.94. The van der Waals surface area contributed by atoms with E-state index in [1.807, 2.05) is 13.8 Å². The normalized spacial score (nSPS) is 17.8. The molecule has 1 rings (SSSR count). The van der Waals surface area contributed by atoms with Crippen LogP contribution in [0, 0.1) is 5.92 Å². The maximum Gasteiger partial charge on any atom is 0.326 e. The predicted molar refractivity (Wildman–Crippen MR) is 136 cm³/mol. The number of hydrogen-bond acceptors (Lipinski definition) is 7. The molecule has 0 radical (unpaired) electrons. The zero-order chi connectivity index (χ0) is 27.3. The van der Waals surface area contributed by atoms with Gasteiger partial charge in [-0.05, 0) is 63.8 Å². The Morgan fingerprint density at radius 3 is 2.25 bits per heavy atom. The fraction of sp³-hybridized carbons (Fsp3) is 0.783. The Morgan fingerprint density at radius 2 is 1.67 bits per heavy atom. The number of hydrogen-bond donors (Lipinski definition) is 7. The largest absolute Gasteiger partial charge is 0.480 e. The van der Waals surface area contributed by atoms with Crippen molar-refractivity contribution in [3.63, 3.8) is 0 Å². The van der Waals surface area contributed by atoms with Crippen molar-refractivity contribution in [1.29, 1.82) is 0 Å². The Hall–Kier alpha value is -2.93. The summed E-state index contributed by atoms with van der Waals surface area (Å²) in [5, 5.41) is 14.9. The fourth-order valence-electron chi connectivity index (χ4n) is 4.18. The molecule has 0 saturated carbocycles. The van der Waals surface area contributed by atoms with E-state index >= 15 is 0 Å². The van der Waals surface area contributed by atoms with E-state index in [0.29, 0.717) is 58.0 Å². The summed E-state index contributed by atoms with van der Waals surface area (Å²) in [6.45, 7) is 4.86. The molecule has 11 N–H and O–H groups in total. The van der Waals surface area contributed by atoms with Crippen LogP contribution in [0.15, 0.2) is 4.99 Å². The number of guanidine groups is 1. The number of aliphatic carboxylic acids is 1. The Morgan fingerprint density at radius 1 is 1.03 bits per heavy atom. The third-order valence-electron chi connectivity index (χ3n) is 6.02. The van der Waals surface area contributed by atoms with Crippen LogP contribution in [0.2, 0.25) is 0 Å². The van der Waals surface area contributed by atoms with Gasteiger partial charge >= 0.3 is 5.97 Å². The van der Waals surface area contributed by atoms with E-state index in [0.717, 1.165) is 0 Å². The predicted octanol–water partition coefficient (Wildman–Crippen LogP) is -1.41. The number of nitrogens with two attached hydrogens (primary N) is 4. The average Bonchev–Trinajstić information content (AvgIpc) is 3.29. The number of likely N-dealkylation sites (tertiary alicyclic amines) is 1. The molecule has 206 valence electrons. The van der Waals surface area contributed by atoms with Gasteiger partial charge in [0.25, 0.3) is 0 Å². The van der Waals surface area contributed by atoms with Gasteiger partial charge < -0.3 is 43.6 Å². The van der Waals surface area contributed by atoms with Crippen molar-refractivity contribution in [3.05, 3.63) is 0 Å². The van der Waals surface area contributed by atoms with E-state index in [2.05, 4.69) is 15.6 Å². The van der Waals surface area contributed by atoms with Crippen molar-refractivity contribution < 1.29 is 24.3 Å². The Balaban J connectivity index is 3.02. The van der Waals surface area contributed by atoms with Gasteiger partial charge in [-0.3, -0.25) is 19.4 Å². The maximum atomic E-state index is 13.3. The molecule has 0 spiro atoms. The summed E-state index contributed by atoms with van der Waals surface area (Å²) in [4.78, 5) is 56.0. The molecule has 0 bridgehead atoms. The Bertz CT molecular complexity index is 772. The number of nitrogens with zero attached hydrogens (tertiary/aromatic N) is 2. The third kappa shape index (κ3) is 10.8. The molecule has 0 aromatic carbocycles. The van der Waals surface area contributed by atoms with Gasteiger partial charge in [-0.2, -0.15) is 0 Å². The van der Waals surface area contributed by atoms with Gasteiger partial charge in [0, 0.05) is 13.1 Å². The first-order valence-corrected chi connectivity index (χ1v) is 12.6. The first kappa shape index (κ1) is 31.1. The second-order valence-corrected chi connectivity index (χ2v) is 9.62. The number of rotatable bonds is 16. The zero-order valence-corrected chi connectivity index (χ0v) is 21.4. The van der Waals surface area contributed by atoms with E-state index in [9.17, 15) is 24.3 Å². The summed E-state index contributed by atoms with van der Waals surface area (Å²) in [7, 11) is 0. The molecule has 1 heterocycles. The van der Waals surface area contributed by atoms with Gasteiger partial charge in [-0.15, -0.1) is 0 Å². The SMILES string of the molecule is CC(C)CC(N)C(=O)NC(CCCN=C(N)N)C(=O)NC(CCCCN)C(=O)N1CCCC1C(=O)O. The van der Waals surface area contributed by atoms with E-state index in [-0.39, 0.29) is 24.8 Å². The minimum atomic E-state index is -1.07. The molecule has 1 saturated heterocycles. The summed E-state index contributed by atoms with van der Waals surface area (Å²) >= 11 is 0. The lowest BCUT2D eigenvalue weighted by Gasteiger charge is -2.29. The second kappa shape index (κ2) is 15.9. The van der Waals surface area contributed by atoms with Crippen LogP contribution in [0.3, 0.4) is 0 Å². The van der Waals surface area contributed by atoms with Crippen LogP contribution in [-0.2, 0) is 19.2 Å². The number of carboxylic acids is 1. The molecule has 0 aliphatic carbocycles. The molecular weight excluding hydrogens is 468 g/mol. The van der Waals surface area contributed by atoms with Crippen molar-refractivity contribution >= 4 is 29.7 Å². The van der Waals surface area contributed by atoms with Gasteiger partial charge in [0.2, 0.25) is 17.7 Å². The minimum Gasteiger partial charge on any atom is -0.480 e. The Labute approximate surface area is 212 Å². The number of unbranched alkanes of at least 4 members (excludes halogenated alkanes) is 1. The zero-order valence-electron chi connectivity index (χ0n) is 21.4. The van der Waals surface area contributed by atoms with Gasteiger partial charge in [0.15, 0.2) is 5.96 Å². The first-order valence-electron chi connectivity index (χ1n) is 12.6. The monoisotopic (exact) mass is 512 g/mol. The van der Waals surface area contributed by atoms with Crippen LogP contribution in [0.25, 0.3) is 0 Å². The van der Waals surface area contributed by atoms with Gasteiger partial charge in [0.05, 0.1) is 6.04 Å². The molecule has 4 unspecified atom stereocenters. The van der Waals surface area contributed by atoms with E-state index in [4.69, 9.17) is 22.9 Å². The second-order valence-electron chi connectivity index (χ2n) is 9.62. The molecule has 36 heavy (non-hydrogen) atoms. The minimum absolute atomic E-state index is 0.0804. The molecule has 13 heteroatoms. The lowest BCUT2D eigenvalue weighted by Crippen LogP contribution is -2.57. The van der Waals surface area contributed by atoms with Crippen LogP contribution in [0.1, 0.15) is 65.2 Å². The maximum absolute atomic E-state index is 13.3. The molecule has 1 fully saturated rings. The molecule has 4 atom stereocenters. The fourth-order valence-corrected chi connectivity index (χ4v) is 4.18. The number of amides is 3. The number of nitrogens with one attached hydrogen (secondary N) is 2. The summed E-state index contributed by atoms with van der Waals surface area (Å²) < 4.78 is 0. The summed E-state index contributed by atoms with van der Waals surface area (Å²) in [5.41, 5.74) is 22.3. The average molecular weight is 513 g/mol. The first-order chi connectivity index (χ1) is 17.0. The molecular formula is C23H44N8O5. The van der Waals surface area contributed by atoms with Gasteiger partial charge in [-0.1, -0.05) is 13.8 Å². The van der Waals surface area contributed by atoms with Gasteiger partial charge in [-0.25, -0.2) is 4.79 Å². The van der Waals surface area contributed by atoms with Crippen molar-refractivity contribution in [2.45, 2.75) is 89.4 Å². The summed E-state index contributed by atoms with van der Waals surface area (Å²) in [6.07, 6.45) is 3.50. The van der Waals surface area contributed by atoms with Crippen molar-refractivity contribution in [2.24, 2.45) is 33.8 Å². The van der Waals surface area contributed by atoms with Crippen LogP contribution in [-0.4, -0.2) is 83.5 Å². The number of carbonyl (C=O) groups is 4. The molecule has 0 aromatic heterocycles. The third-order valence-corrected chi connectivity index (χ3v) is 6.02. The molecule has 3 amide bonds. The van der Waals surface area contributed by atoms with Crippen molar-refractivity contribution in [2.75, 3.05) is 19.6 Å².